The highest BCUT2D eigenvalue weighted by Crippen LogP contribution is 2.33. The lowest BCUT2D eigenvalue weighted by molar-refractivity contribution is 0.102. The van der Waals surface area contributed by atoms with Crippen molar-refractivity contribution >= 4 is 33.2 Å². The molecule has 0 bridgehead atoms. The lowest BCUT2D eigenvalue weighted by atomic mass is 10.1. The maximum absolute atomic E-state index is 12.8. The second-order valence-electron chi connectivity index (χ2n) is 7.98. The number of nitrogens with one attached hydrogen (secondary N) is 1. The molecule has 0 unspecified atom stereocenters. The fourth-order valence-corrected chi connectivity index (χ4v) is 6.43. The normalized spacial score (nSPS) is 20.5. The third-order valence-electron chi connectivity index (χ3n) is 5.94. The van der Waals surface area contributed by atoms with Gasteiger partial charge in [0.1, 0.15) is 5.82 Å². The maximum atomic E-state index is 12.8. The van der Waals surface area contributed by atoms with E-state index in [0.29, 0.717) is 47.3 Å². The number of hydrogen-bond donors (Lipinski definition) is 1. The first kappa shape index (κ1) is 21.2. The van der Waals surface area contributed by atoms with Gasteiger partial charge < -0.3 is 5.32 Å². The van der Waals surface area contributed by atoms with Crippen LogP contribution in [0.1, 0.15) is 59.9 Å². The minimum Gasteiger partial charge on any atom is -0.322 e. The topological polar surface area (TPSA) is 92.3 Å². The highest BCUT2D eigenvalue weighted by molar-refractivity contribution is 7.89. The Labute approximate surface area is 181 Å². The van der Waals surface area contributed by atoms with Crippen LogP contribution in [0.2, 0.25) is 5.02 Å². The van der Waals surface area contributed by atoms with Crippen molar-refractivity contribution in [3.05, 3.63) is 52.6 Å². The first-order chi connectivity index (χ1) is 14.3. The summed E-state index contributed by atoms with van der Waals surface area (Å²) < 4.78 is 27.3. The van der Waals surface area contributed by atoms with Gasteiger partial charge in [-0.2, -0.15) is 0 Å². The smallest absolute Gasteiger partial charge is 0.259 e. The number of nitrogens with zero attached hydrogens (tertiary/aromatic N) is 3. The molecule has 1 aliphatic heterocycles. The van der Waals surface area contributed by atoms with Crippen molar-refractivity contribution in [2.75, 3.05) is 18.4 Å². The summed E-state index contributed by atoms with van der Waals surface area (Å²) in [6.45, 7) is 2.68. The second kappa shape index (κ2) is 8.61. The number of halogens is 1. The first-order valence-corrected chi connectivity index (χ1v) is 12.1. The third kappa shape index (κ3) is 4.36. The lowest BCUT2D eigenvalue weighted by Crippen LogP contribution is -2.36. The highest BCUT2D eigenvalue weighted by atomic mass is 35.5. The van der Waals surface area contributed by atoms with Crippen molar-refractivity contribution in [3.63, 3.8) is 0 Å². The molecule has 4 rings (SSSR count). The zero-order valence-corrected chi connectivity index (χ0v) is 18.4. The quantitative estimate of drug-likeness (QED) is 0.751. The molecule has 2 fully saturated rings. The summed E-state index contributed by atoms with van der Waals surface area (Å²) in [7, 11) is -3.24. The van der Waals surface area contributed by atoms with Gasteiger partial charge in [-0.1, -0.05) is 24.4 Å². The third-order valence-corrected chi connectivity index (χ3v) is 8.56. The van der Waals surface area contributed by atoms with Gasteiger partial charge in [0, 0.05) is 35.9 Å². The number of anilines is 1. The van der Waals surface area contributed by atoms with Crippen molar-refractivity contribution in [1.29, 1.82) is 0 Å². The van der Waals surface area contributed by atoms with Crippen molar-refractivity contribution in [3.8, 4) is 0 Å². The van der Waals surface area contributed by atoms with Gasteiger partial charge in [-0.25, -0.2) is 22.7 Å². The van der Waals surface area contributed by atoms with Gasteiger partial charge in [0.05, 0.1) is 16.5 Å². The maximum Gasteiger partial charge on any atom is 0.259 e. The molecule has 2 aromatic rings. The molecule has 1 N–H and O–H groups in total. The Morgan fingerprint density at radius 1 is 1.17 bits per heavy atom. The molecule has 7 nitrogen and oxygen atoms in total. The predicted octanol–water partition coefficient (Wildman–Crippen LogP) is 3.75. The minimum atomic E-state index is -3.24. The fourth-order valence-electron chi connectivity index (χ4n) is 4.20. The molecule has 0 spiro atoms. The first-order valence-electron chi connectivity index (χ1n) is 10.2. The number of sulfonamides is 1. The Hall–Kier alpha value is -2.03. The Morgan fingerprint density at radius 3 is 2.53 bits per heavy atom. The van der Waals surface area contributed by atoms with Gasteiger partial charge in [-0.05, 0) is 50.5 Å². The number of amides is 1. The second-order valence-corrected chi connectivity index (χ2v) is 10.6. The summed E-state index contributed by atoms with van der Waals surface area (Å²) in [4.78, 5) is 21.5. The Morgan fingerprint density at radius 2 is 1.87 bits per heavy atom. The SMILES string of the molecule is Cc1nc([C@@H]2CCN(S(=O)(=O)C3CCCC3)C2)ncc1C(=O)Nc1ccc(Cl)cc1. The Kier molecular flexibility index (Phi) is 6.09. The van der Waals surface area contributed by atoms with Crippen LogP contribution in [0.5, 0.6) is 0 Å². The van der Waals surface area contributed by atoms with E-state index in [1.54, 1.807) is 35.5 Å². The Bertz CT molecular complexity index is 1040. The van der Waals surface area contributed by atoms with Gasteiger partial charge >= 0.3 is 0 Å². The monoisotopic (exact) mass is 448 g/mol. The number of aryl methyl sites for hydroxylation is 1. The standard InChI is InChI=1S/C21H25ClN4O3S/c1-14-19(21(27)25-17-8-6-16(22)7-9-17)12-23-20(24-14)15-10-11-26(13-15)30(28,29)18-4-2-3-5-18/h6-9,12,15,18H,2-5,10-11,13H2,1H3,(H,25,27)/t15-/m1/s1. The van der Waals surface area contributed by atoms with Crippen molar-refractivity contribution in [2.45, 2.75) is 50.2 Å². The van der Waals surface area contributed by atoms with Crippen LogP contribution >= 0.6 is 11.6 Å². The molecule has 0 radical (unpaired) electrons. The molecular formula is C21H25ClN4O3S. The highest BCUT2D eigenvalue weighted by Gasteiger charge is 2.39. The zero-order valence-electron chi connectivity index (χ0n) is 16.8. The lowest BCUT2D eigenvalue weighted by Gasteiger charge is -2.21. The van der Waals surface area contributed by atoms with E-state index in [-0.39, 0.29) is 17.1 Å². The summed E-state index contributed by atoms with van der Waals surface area (Å²) in [5.41, 5.74) is 1.60. The average molecular weight is 449 g/mol. The van der Waals surface area contributed by atoms with Gasteiger partial charge in [-0.3, -0.25) is 4.79 Å². The van der Waals surface area contributed by atoms with Crippen LogP contribution < -0.4 is 5.32 Å². The number of rotatable bonds is 5. The fraction of sp³-hybridized carbons (Fsp3) is 0.476. The van der Waals surface area contributed by atoms with Crippen molar-refractivity contribution in [2.24, 2.45) is 0 Å². The molecule has 160 valence electrons. The van der Waals surface area contributed by atoms with Crippen LogP contribution in [0.25, 0.3) is 0 Å². The largest absolute Gasteiger partial charge is 0.322 e. The Balaban J connectivity index is 1.44. The number of hydrogen-bond acceptors (Lipinski definition) is 5. The van der Waals surface area contributed by atoms with Gasteiger partial charge in [0.25, 0.3) is 5.91 Å². The van der Waals surface area contributed by atoms with E-state index in [1.807, 2.05) is 0 Å². The molecular weight excluding hydrogens is 424 g/mol. The summed E-state index contributed by atoms with van der Waals surface area (Å²) >= 11 is 5.87. The predicted molar refractivity (Wildman–Crippen MR) is 116 cm³/mol. The molecule has 1 aromatic heterocycles. The van der Waals surface area contributed by atoms with Crippen LogP contribution in [0, 0.1) is 6.92 Å². The van der Waals surface area contributed by atoms with Crippen LogP contribution in [0.3, 0.4) is 0 Å². The van der Waals surface area contributed by atoms with Crippen molar-refractivity contribution < 1.29 is 13.2 Å². The molecule has 1 amide bonds. The van der Waals surface area contributed by atoms with Crippen LogP contribution in [0.15, 0.2) is 30.5 Å². The molecule has 1 aromatic carbocycles. The minimum absolute atomic E-state index is 0.0479. The average Bonchev–Trinajstić information content (AvgIpc) is 3.42. The summed E-state index contributed by atoms with van der Waals surface area (Å²) in [5.74, 6) is 0.256. The van der Waals surface area contributed by atoms with E-state index in [2.05, 4.69) is 15.3 Å². The molecule has 30 heavy (non-hydrogen) atoms. The van der Waals surface area contributed by atoms with Crippen molar-refractivity contribution in [1.82, 2.24) is 14.3 Å². The molecule has 1 aliphatic carbocycles. The number of carbonyl (C=O) groups excluding carboxylic acids is 1. The van der Waals surface area contributed by atoms with Crippen LogP contribution in [-0.4, -0.2) is 46.9 Å². The summed E-state index contributed by atoms with van der Waals surface area (Å²) in [6.07, 6.45) is 5.72. The summed E-state index contributed by atoms with van der Waals surface area (Å²) in [5, 5.41) is 3.17. The van der Waals surface area contributed by atoms with E-state index >= 15 is 0 Å². The summed E-state index contributed by atoms with van der Waals surface area (Å²) in [6, 6.07) is 6.86. The molecule has 1 saturated heterocycles. The molecule has 2 heterocycles. The molecule has 9 heteroatoms. The van der Waals surface area contributed by atoms with Crippen LogP contribution in [-0.2, 0) is 10.0 Å². The zero-order chi connectivity index (χ0) is 21.3. The van der Waals surface area contributed by atoms with Crippen LogP contribution in [0.4, 0.5) is 5.69 Å². The van der Waals surface area contributed by atoms with E-state index < -0.39 is 10.0 Å². The molecule has 1 saturated carbocycles. The van der Waals surface area contributed by atoms with Gasteiger partial charge in [0.2, 0.25) is 10.0 Å². The van der Waals surface area contributed by atoms with E-state index in [0.717, 1.165) is 25.7 Å². The molecule has 1 atom stereocenters. The number of carbonyl (C=O) groups is 1. The van der Waals surface area contributed by atoms with Gasteiger partial charge in [-0.15, -0.1) is 0 Å². The van der Waals surface area contributed by atoms with Gasteiger partial charge in [0.15, 0.2) is 0 Å². The van der Waals surface area contributed by atoms with E-state index in [9.17, 15) is 13.2 Å². The number of benzene rings is 1. The van der Waals surface area contributed by atoms with E-state index in [1.165, 1.54) is 6.20 Å². The number of aromatic nitrogens is 2. The molecule has 2 aliphatic rings. The van der Waals surface area contributed by atoms with E-state index in [4.69, 9.17) is 11.6 Å².